The number of nitrogens with two attached hydrogens (primary N) is 1. The van der Waals surface area contributed by atoms with Crippen LogP contribution in [0.5, 0.6) is 5.75 Å². The number of fused-ring (bicyclic) bond motifs is 2. The zero-order valence-corrected chi connectivity index (χ0v) is 16.8. The van der Waals surface area contributed by atoms with Gasteiger partial charge in [-0.25, -0.2) is 4.98 Å². The molecule has 1 aliphatic rings. The molecule has 0 radical (unpaired) electrons. The molecule has 0 bridgehead atoms. The Bertz CT molecular complexity index is 1250. The first-order valence-corrected chi connectivity index (χ1v) is 10.1. The van der Waals surface area contributed by atoms with Gasteiger partial charge in [-0.3, -0.25) is 14.8 Å². The fraction of sp³-hybridized carbons (Fsp3) is 0.167. The van der Waals surface area contributed by atoms with Gasteiger partial charge in [0.1, 0.15) is 17.3 Å². The zero-order valence-electron chi connectivity index (χ0n) is 16.8. The molecule has 0 spiro atoms. The highest BCUT2D eigenvalue weighted by molar-refractivity contribution is 5.94. The number of aromatic nitrogens is 3. The summed E-state index contributed by atoms with van der Waals surface area (Å²) in [6.07, 6.45) is 5.65. The Balaban J connectivity index is 1.55. The van der Waals surface area contributed by atoms with Crippen molar-refractivity contribution in [2.24, 2.45) is 0 Å². The van der Waals surface area contributed by atoms with Gasteiger partial charge < -0.3 is 15.4 Å². The van der Waals surface area contributed by atoms with E-state index in [1.54, 1.807) is 36.8 Å². The number of nitrogens with zero attached hydrogens (tertiary/aromatic N) is 4. The average Bonchev–Trinajstić information content (AvgIpc) is 2.82. The minimum absolute atomic E-state index is 0.0998. The van der Waals surface area contributed by atoms with Gasteiger partial charge in [0.2, 0.25) is 0 Å². The molecule has 2 N–H and O–H groups in total. The van der Waals surface area contributed by atoms with Crippen LogP contribution in [0, 0.1) is 0 Å². The van der Waals surface area contributed by atoms with Crippen LogP contribution in [0.15, 0.2) is 73.2 Å². The van der Waals surface area contributed by atoms with Gasteiger partial charge in [-0.1, -0.05) is 12.1 Å². The number of hydrogen-bond acceptors (Lipinski definition) is 6. The SMILES string of the molecule is Nc1ccc2ccc(CN(C(=O)c3cccnc3)[C@@H]3CCOc4cccnc43)cc2n1. The Morgan fingerprint density at radius 2 is 2.00 bits per heavy atom. The van der Waals surface area contributed by atoms with Crippen molar-refractivity contribution < 1.29 is 9.53 Å². The normalized spacial score (nSPS) is 15.2. The molecule has 1 amide bonds. The maximum absolute atomic E-state index is 13.6. The van der Waals surface area contributed by atoms with Gasteiger partial charge >= 0.3 is 0 Å². The summed E-state index contributed by atoms with van der Waals surface area (Å²) < 4.78 is 5.77. The molecule has 1 aromatic carbocycles. The summed E-state index contributed by atoms with van der Waals surface area (Å²) in [6, 6.07) is 16.8. The Morgan fingerprint density at radius 3 is 2.87 bits per heavy atom. The molecular weight excluding hydrogens is 390 g/mol. The van der Waals surface area contributed by atoms with Crippen molar-refractivity contribution in [1.29, 1.82) is 0 Å². The van der Waals surface area contributed by atoms with Crippen molar-refractivity contribution in [3.63, 3.8) is 0 Å². The first-order valence-electron chi connectivity index (χ1n) is 10.1. The fourth-order valence-electron chi connectivity index (χ4n) is 3.95. The van der Waals surface area contributed by atoms with Gasteiger partial charge in [0, 0.05) is 36.9 Å². The molecule has 3 aromatic heterocycles. The number of amides is 1. The Labute approximate surface area is 179 Å². The van der Waals surface area contributed by atoms with Crippen LogP contribution in [0.25, 0.3) is 10.9 Å². The molecule has 0 fully saturated rings. The van der Waals surface area contributed by atoms with Gasteiger partial charge in [-0.15, -0.1) is 0 Å². The molecule has 7 heteroatoms. The molecule has 0 unspecified atom stereocenters. The molecule has 0 saturated heterocycles. The molecular formula is C24H21N5O2. The van der Waals surface area contributed by atoms with E-state index in [9.17, 15) is 4.79 Å². The molecule has 5 rings (SSSR count). The number of carbonyl (C=O) groups is 1. The van der Waals surface area contributed by atoms with Crippen LogP contribution in [0.2, 0.25) is 0 Å². The second kappa shape index (κ2) is 8.02. The summed E-state index contributed by atoms with van der Waals surface area (Å²) in [5.74, 6) is 1.09. The number of pyridine rings is 3. The second-order valence-electron chi connectivity index (χ2n) is 7.48. The third-order valence-electron chi connectivity index (χ3n) is 5.44. The van der Waals surface area contributed by atoms with Crippen molar-refractivity contribution >= 4 is 22.6 Å². The van der Waals surface area contributed by atoms with Gasteiger partial charge in [0.25, 0.3) is 5.91 Å². The fourth-order valence-corrected chi connectivity index (χ4v) is 3.95. The quantitative estimate of drug-likeness (QED) is 0.549. The van der Waals surface area contributed by atoms with Crippen LogP contribution in [0.1, 0.15) is 34.1 Å². The maximum Gasteiger partial charge on any atom is 0.256 e. The van der Waals surface area contributed by atoms with E-state index in [-0.39, 0.29) is 11.9 Å². The molecule has 1 atom stereocenters. The van der Waals surface area contributed by atoms with Crippen LogP contribution < -0.4 is 10.5 Å². The predicted molar refractivity (Wildman–Crippen MR) is 117 cm³/mol. The van der Waals surface area contributed by atoms with Crippen LogP contribution in [-0.4, -0.2) is 32.4 Å². The maximum atomic E-state index is 13.6. The highest BCUT2D eigenvalue weighted by Crippen LogP contribution is 2.36. The van der Waals surface area contributed by atoms with Gasteiger partial charge in [0.05, 0.1) is 23.7 Å². The summed E-state index contributed by atoms with van der Waals surface area (Å²) in [7, 11) is 0. The van der Waals surface area contributed by atoms with E-state index in [0.717, 1.165) is 27.9 Å². The molecule has 31 heavy (non-hydrogen) atoms. The number of benzene rings is 1. The van der Waals surface area contributed by atoms with E-state index in [0.29, 0.717) is 31.0 Å². The smallest absolute Gasteiger partial charge is 0.256 e. The third-order valence-corrected chi connectivity index (χ3v) is 5.44. The minimum atomic E-state index is -0.206. The van der Waals surface area contributed by atoms with Crippen molar-refractivity contribution in [3.05, 3.63) is 90.0 Å². The molecule has 4 heterocycles. The van der Waals surface area contributed by atoms with E-state index in [4.69, 9.17) is 10.5 Å². The van der Waals surface area contributed by atoms with E-state index in [1.165, 1.54) is 0 Å². The lowest BCUT2D eigenvalue weighted by atomic mass is 10.0. The molecule has 1 aliphatic heterocycles. The topological polar surface area (TPSA) is 94.2 Å². The molecule has 4 aromatic rings. The predicted octanol–water partition coefficient (Wildman–Crippen LogP) is 3.77. The van der Waals surface area contributed by atoms with E-state index in [2.05, 4.69) is 15.0 Å². The molecule has 7 nitrogen and oxygen atoms in total. The lowest BCUT2D eigenvalue weighted by Crippen LogP contribution is -2.37. The first-order chi connectivity index (χ1) is 15.2. The number of hydrogen-bond donors (Lipinski definition) is 1. The van der Waals surface area contributed by atoms with E-state index < -0.39 is 0 Å². The Morgan fingerprint density at radius 1 is 1.13 bits per heavy atom. The van der Waals surface area contributed by atoms with Gasteiger partial charge in [0.15, 0.2) is 0 Å². The van der Waals surface area contributed by atoms with E-state index in [1.807, 2.05) is 41.3 Å². The Hall–Kier alpha value is -4.00. The van der Waals surface area contributed by atoms with Crippen LogP contribution in [-0.2, 0) is 6.54 Å². The highest BCUT2D eigenvalue weighted by atomic mass is 16.5. The van der Waals surface area contributed by atoms with Crippen molar-refractivity contribution in [1.82, 2.24) is 19.9 Å². The summed E-state index contributed by atoms with van der Waals surface area (Å²) in [6.45, 7) is 0.927. The molecule has 154 valence electrons. The third kappa shape index (κ3) is 3.77. The monoisotopic (exact) mass is 411 g/mol. The summed E-state index contributed by atoms with van der Waals surface area (Å²) in [4.78, 5) is 28.5. The number of anilines is 1. The average molecular weight is 411 g/mol. The number of carbonyl (C=O) groups excluding carboxylic acids is 1. The van der Waals surface area contributed by atoms with E-state index >= 15 is 0 Å². The minimum Gasteiger partial charge on any atom is -0.491 e. The van der Waals surface area contributed by atoms with Gasteiger partial charge in [-0.05, 0) is 48.0 Å². The number of nitrogen functional groups attached to an aromatic ring is 1. The highest BCUT2D eigenvalue weighted by Gasteiger charge is 2.32. The molecule has 0 aliphatic carbocycles. The summed E-state index contributed by atoms with van der Waals surface area (Å²) in [5.41, 5.74) is 8.94. The summed E-state index contributed by atoms with van der Waals surface area (Å²) in [5, 5.41) is 1.00. The standard InChI is InChI=1S/C24H21N5O2/c25-22-8-7-17-6-5-16(13-19(17)28-22)15-29(24(30)18-3-1-10-26-14-18)20-9-12-31-21-4-2-11-27-23(20)21/h1-8,10-11,13-14,20H,9,12,15H2,(H2,25,28)/t20-/m1/s1. The first kappa shape index (κ1) is 19.0. The molecule has 0 saturated carbocycles. The lowest BCUT2D eigenvalue weighted by Gasteiger charge is -2.35. The number of rotatable bonds is 4. The summed E-state index contributed by atoms with van der Waals surface area (Å²) >= 11 is 0. The van der Waals surface area contributed by atoms with Crippen molar-refractivity contribution in [3.8, 4) is 5.75 Å². The van der Waals surface area contributed by atoms with Crippen LogP contribution in [0.4, 0.5) is 5.82 Å². The van der Waals surface area contributed by atoms with Crippen molar-refractivity contribution in [2.45, 2.75) is 19.0 Å². The zero-order chi connectivity index (χ0) is 21.2. The van der Waals surface area contributed by atoms with Crippen LogP contribution >= 0.6 is 0 Å². The Kier molecular flexibility index (Phi) is 4.92. The van der Waals surface area contributed by atoms with Gasteiger partial charge in [-0.2, -0.15) is 0 Å². The second-order valence-corrected chi connectivity index (χ2v) is 7.48. The van der Waals surface area contributed by atoms with Crippen LogP contribution in [0.3, 0.4) is 0 Å². The lowest BCUT2D eigenvalue weighted by molar-refractivity contribution is 0.0594. The number of ether oxygens (including phenoxy) is 1. The largest absolute Gasteiger partial charge is 0.491 e. The van der Waals surface area contributed by atoms with Crippen molar-refractivity contribution in [2.75, 3.05) is 12.3 Å².